The molecule has 0 saturated carbocycles. The molecule has 1 aromatic carbocycles. The number of benzene rings is 1. The predicted molar refractivity (Wildman–Crippen MR) is 74.9 cm³/mol. The van der Waals surface area contributed by atoms with Crippen LogP contribution in [0.3, 0.4) is 0 Å². The SMILES string of the molecule is CCCC(C(=O)Cc1cccc(C)c1)C(=O)OCC. The molecule has 3 nitrogen and oxygen atoms in total. The van der Waals surface area contributed by atoms with Gasteiger partial charge in [-0.1, -0.05) is 43.2 Å². The number of carbonyl (C=O) groups excluding carboxylic acids is 2. The van der Waals surface area contributed by atoms with Crippen molar-refractivity contribution < 1.29 is 14.3 Å². The summed E-state index contributed by atoms with van der Waals surface area (Å²) in [7, 11) is 0. The fourth-order valence-electron chi connectivity index (χ4n) is 2.09. The van der Waals surface area contributed by atoms with E-state index in [9.17, 15) is 9.59 Å². The van der Waals surface area contributed by atoms with Crippen molar-refractivity contribution in [2.75, 3.05) is 6.61 Å². The maximum Gasteiger partial charge on any atom is 0.316 e. The van der Waals surface area contributed by atoms with Crippen LogP contribution >= 0.6 is 0 Å². The second-order valence-corrected chi connectivity index (χ2v) is 4.73. The topological polar surface area (TPSA) is 43.4 Å². The molecule has 104 valence electrons. The van der Waals surface area contributed by atoms with Gasteiger partial charge in [0.15, 0.2) is 5.78 Å². The number of aryl methyl sites for hydroxylation is 1. The Hall–Kier alpha value is -1.64. The molecule has 0 aliphatic carbocycles. The number of ether oxygens (including phenoxy) is 1. The maximum atomic E-state index is 12.2. The number of Topliss-reactive ketones (excluding diaryl/α,β-unsaturated/α-hetero) is 1. The van der Waals surface area contributed by atoms with Gasteiger partial charge in [-0.25, -0.2) is 0 Å². The number of hydrogen-bond donors (Lipinski definition) is 0. The lowest BCUT2D eigenvalue weighted by molar-refractivity contribution is -0.151. The van der Waals surface area contributed by atoms with Gasteiger partial charge in [0.1, 0.15) is 5.92 Å². The van der Waals surface area contributed by atoms with Gasteiger partial charge in [0.2, 0.25) is 0 Å². The Kier molecular flexibility index (Phi) is 6.26. The van der Waals surface area contributed by atoms with Gasteiger partial charge in [-0.05, 0) is 25.8 Å². The fraction of sp³-hybridized carbons (Fsp3) is 0.500. The first kappa shape index (κ1) is 15.4. The van der Waals surface area contributed by atoms with Crippen LogP contribution in [0.4, 0.5) is 0 Å². The minimum absolute atomic E-state index is 0.0501. The Morgan fingerprint density at radius 2 is 2.00 bits per heavy atom. The molecular formula is C16H22O3. The molecule has 0 aliphatic heterocycles. The summed E-state index contributed by atoms with van der Waals surface area (Å²) in [5.41, 5.74) is 2.07. The van der Waals surface area contributed by atoms with Crippen molar-refractivity contribution in [1.82, 2.24) is 0 Å². The summed E-state index contributed by atoms with van der Waals surface area (Å²) in [5.74, 6) is -1.06. The zero-order chi connectivity index (χ0) is 14.3. The summed E-state index contributed by atoms with van der Waals surface area (Å²) < 4.78 is 4.98. The molecule has 0 bridgehead atoms. The van der Waals surface area contributed by atoms with Crippen molar-refractivity contribution in [3.63, 3.8) is 0 Å². The first-order valence-corrected chi connectivity index (χ1v) is 6.83. The van der Waals surface area contributed by atoms with E-state index in [1.165, 1.54) is 0 Å². The van der Waals surface area contributed by atoms with E-state index in [0.717, 1.165) is 17.5 Å². The average molecular weight is 262 g/mol. The van der Waals surface area contributed by atoms with Gasteiger partial charge >= 0.3 is 5.97 Å². The summed E-state index contributed by atoms with van der Waals surface area (Å²) >= 11 is 0. The lowest BCUT2D eigenvalue weighted by Gasteiger charge is -2.13. The van der Waals surface area contributed by atoms with E-state index in [1.54, 1.807) is 6.92 Å². The third-order valence-electron chi connectivity index (χ3n) is 3.00. The molecule has 0 heterocycles. The van der Waals surface area contributed by atoms with Crippen LogP contribution in [-0.4, -0.2) is 18.4 Å². The predicted octanol–water partition coefficient (Wildman–Crippen LogP) is 3.09. The fourth-order valence-corrected chi connectivity index (χ4v) is 2.09. The van der Waals surface area contributed by atoms with Gasteiger partial charge in [-0.15, -0.1) is 0 Å². The molecule has 0 amide bonds. The van der Waals surface area contributed by atoms with E-state index < -0.39 is 5.92 Å². The van der Waals surface area contributed by atoms with Crippen molar-refractivity contribution >= 4 is 11.8 Å². The quantitative estimate of drug-likeness (QED) is 0.560. The Balaban J connectivity index is 2.74. The minimum Gasteiger partial charge on any atom is -0.465 e. The Morgan fingerprint density at radius 3 is 2.58 bits per heavy atom. The lowest BCUT2D eigenvalue weighted by atomic mass is 9.93. The number of esters is 1. The summed E-state index contributed by atoms with van der Waals surface area (Å²) in [5, 5.41) is 0. The Morgan fingerprint density at radius 1 is 1.26 bits per heavy atom. The Labute approximate surface area is 115 Å². The first-order chi connectivity index (χ1) is 9.08. The van der Waals surface area contributed by atoms with E-state index in [1.807, 2.05) is 38.1 Å². The molecule has 0 aliphatic rings. The first-order valence-electron chi connectivity index (χ1n) is 6.83. The molecule has 0 aromatic heterocycles. The summed E-state index contributed by atoms with van der Waals surface area (Å²) in [4.78, 5) is 24.0. The largest absolute Gasteiger partial charge is 0.465 e. The molecule has 1 unspecified atom stereocenters. The van der Waals surface area contributed by atoms with Crippen LogP contribution < -0.4 is 0 Å². The van der Waals surface area contributed by atoms with Gasteiger partial charge in [0, 0.05) is 6.42 Å². The summed E-state index contributed by atoms with van der Waals surface area (Å²) in [6, 6.07) is 7.81. The zero-order valence-electron chi connectivity index (χ0n) is 11.9. The molecular weight excluding hydrogens is 240 g/mol. The van der Waals surface area contributed by atoms with Gasteiger partial charge in [0.25, 0.3) is 0 Å². The second-order valence-electron chi connectivity index (χ2n) is 4.73. The van der Waals surface area contributed by atoms with E-state index in [2.05, 4.69) is 0 Å². The van der Waals surface area contributed by atoms with Crippen LogP contribution in [0.15, 0.2) is 24.3 Å². The molecule has 1 rings (SSSR count). The van der Waals surface area contributed by atoms with Gasteiger partial charge in [-0.3, -0.25) is 9.59 Å². The average Bonchev–Trinajstić information content (AvgIpc) is 2.36. The smallest absolute Gasteiger partial charge is 0.316 e. The van der Waals surface area contributed by atoms with Crippen molar-refractivity contribution in [2.24, 2.45) is 5.92 Å². The third kappa shape index (κ3) is 4.86. The Bertz CT molecular complexity index is 437. The highest BCUT2D eigenvalue weighted by atomic mass is 16.5. The van der Waals surface area contributed by atoms with Crippen LogP contribution in [-0.2, 0) is 20.7 Å². The minimum atomic E-state index is -0.620. The van der Waals surface area contributed by atoms with Crippen LogP contribution in [0.1, 0.15) is 37.8 Å². The summed E-state index contributed by atoms with van der Waals surface area (Å²) in [6.07, 6.45) is 1.65. The maximum absolute atomic E-state index is 12.2. The lowest BCUT2D eigenvalue weighted by Crippen LogP contribution is -2.27. The molecule has 0 saturated heterocycles. The van der Waals surface area contributed by atoms with E-state index in [-0.39, 0.29) is 11.8 Å². The normalized spacial score (nSPS) is 11.9. The number of hydrogen-bond acceptors (Lipinski definition) is 3. The molecule has 0 spiro atoms. The van der Waals surface area contributed by atoms with E-state index in [4.69, 9.17) is 4.74 Å². The monoisotopic (exact) mass is 262 g/mol. The van der Waals surface area contributed by atoms with Gasteiger partial charge < -0.3 is 4.74 Å². The van der Waals surface area contributed by atoms with Crippen molar-refractivity contribution in [3.05, 3.63) is 35.4 Å². The molecule has 0 fully saturated rings. The highest BCUT2D eigenvalue weighted by molar-refractivity contribution is 5.99. The van der Waals surface area contributed by atoms with Gasteiger partial charge in [-0.2, -0.15) is 0 Å². The number of ketones is 1. The number of carbonyl (C=O) groups is 2. The summed E-state index contributed by atoms with van der Waals surface area (Å²) in [6.45, 7) is 6.03. The third-order valence-corrected chi connectivity index (χ3v) is 3.00. The van der Waals surface area contributed by atoms with Crippen LogP contribution in [0.5, 0.6) is 0 Å². The van der Waals surface area contributed by atoms with Crippen molar-refractivity contribution in [2.45, 2.75) is 40.0 Å². The van der Waals surface area contributed by atoms with Crippen LogP contribution in [0, 0.1) is 12.8 Å². The molecule has 3 heteroatoms. The molecule has 19 heavy (non-hydrogen) atoms. The van der Waals surface area contributed by atoms with Crippen molar-refractivity contribution in [1.29, 1.82) is 0 Å². The molecule has 1 atom stereocenters. The molecule has 0 N–H and O–H groups in total. The van der Waals surface area contributed by atoms with Crippen LogP contribution in [0.25, 0.3) is 0 Å². The van der Waals surface area contributed by atoms with E-state index in [0.29, 0.717) is 19.4 Å². The van der Waals surface area contributed by atoms with E-state index >= 15 is 0 Å². The zero-order valence-corrected chi connectivity index (χ0v) is 11.9. The number of rotatable bonds is 7. The molecule has 1 aromatic rings. The highest BCUT2D eigenvalue weighted by Gasteiger charge is 2.26. The second kappa shape index (κ2) is 7.72. The standard InChI is InChI=1S/C16H22O3/c1-4-7-14(16(18)19-5-2)15(17)11-13-9-6-8-12(3)10-13/h6,8-10,14H,4-5,7,11H2,1-3H3. The van der Waals surface area contributed by atoms with Crippen molar-refractivity contribution in [3.8, 4) is 0 Å². The highest BCUT2D eigenvalue weighted by Crippen LogP contribution is 2.14. The van der Waals surface area contributed by atoms with Gasteiger partial charge in [0.05, 0.1) is 6.61 Å². The van der Waals surface area contributed by atoms with Crippen LogP contribution in [0.2, 0.25) is 0 Å². The molecule has 0 radical (unpaired) electrons.